The molecular weight excluding hydrogens is 557 g/mol. The number of ether oxygens (including phenoxy) is 2. The first kappa shape index (κ1) is 27.2. The highest BCUT2D eigenvalue weighted by Gasteiger charge is 2.43. The van der Waals surface area contributed by atoms with E-state index in [1.807, 2.05) is 5.38 Å². The lowest BCUT2D eigenvalue weighted by Gasteiger charge is -2.49. The van der Waals surface area contributed by atoms with Crippen molar-refractivity contribution in [2.45, 2.75) is 25.0 Å². The molecule has 1 aromatic carbocycles. The number of thiazole rings is 1. The summed E-state index contributed by atoms with van der Waals surface area (Å²) in [6.45, 7) is 3.19. The van der Waals surface area contributed by atoms with Crippen LogP contribution in [0, 0.1) is 5.82 Å². The summed E-state index contributed by atoms with van der Waals surface area (Å²) >= 11 is 7.81. The van der Waals surface area contributed by atoms with Crippen LogP contribution < -0.4 is 5.32 Å². The highest BCUT2D eigenvalue weighted by atomic mass is 35.5. The Labute approximate surface area is 229 Å². The monoisotopic (exact) mass is 583 g/mol. The Hall–Kier alpha value is -2.42. The zero-order chi connectivity index (χ0) is 27.0. The summed E-state index contributed by atoms with van der Waals surface area (Å²) in [5.41, 5.74) is 1.22. The van der Waals surface area contributed by atoms with E-state index in [2.05, 4.69) is 15.2 Å². The fourth-order valence-electron chi connectivity index (χ4n) is 5.01. The average molecular weight is 584 g/mol. The number of hydrogen-bond donors (Lipinski definition) is 1. The summed E-state index contributed by atoms with van der Waals surface area (Å²) in [6, 6.07) is 2.66. The first-order valence-corrected chi connectivity index (χ1v) is 14.9. The smallest absolute Gasteiger partial charge is 0.338 e. The van der Waals surface area contributed by atoms with Gasteiger partial charge in [-0.05, 0) is 19.1 Å². The van der Waals surface area contributed by atoms with Gasteiger partial charge in [0.25, 0.3) is 0 Å². The molecule has 2 bridgehead atoms. The molecule has 0 saturated carbocycles. The van der Waals surface area contributed by atoms with Crippen LogP contribution in [0.25, 0.3) is 0 Å². The molecule has 2 unspecified atom stereocenters. The quantitative estimate of drug-likeness (QED) is 0.494. The van der Waals surface area contributed by atoms with Crippen LogP contribution in [0.2, 0.25) is 5.02 Å². The number of piperazine rings is 1. The van der Waals surface area contributed by atoms with Crippen molar-refractivity contribution < 1.29 is 27.1 Å². The van der Waals surface area contributed by atoms with E-state index in [-0.39, 0.29) is 48.1 Å². The van der Waals surface area contributed by atoms with Crippen molar-refractivity contribution in [1.82, 2.24) is 19.5 Å². The lowest BCUT2D eigenvalue weighted by molar-refractivity contribution is -0.136. The zero-order valence-electron chi connectivity index (χ0n) is 20.8. The Morgan fingerprint density at radius 1 is 1.32 bits per heavy atom. The van der Waals surface area contributed by atoms with Crippen LogP contribution in [0.3, 0.4) is 0 Å². The average Bonchev–Trinajstić information content (AvgIpc) is 3.43. The first-order chi connectivity index (χ1) is 18.2. The lowest BCUT2D eigenvalue weighted by Crippen LogP contribution is -2.66. The number of hydrogen-bond acceptors (Lipinski definition) is 10. The number of aliphatic imine (C=N–C) groups is 1. The number of sulfonamides is 1. The first-order valence-electron chi connectivity index (χ1n) is 12.0. The van der Waals surface area contributed by atoms with E-state index in [1.54, 1.807) is 13.1 Å². The molecule has 5 rings (SSSR count). The van der Waals surface area contributed by atoms with Gasteiger partial charge >= 0.3 is 5.97 Å². The van der Waals surface area contributed by atoms with Crippen molar-refractivity contribution >= 4 is 44.8 Å². The number of rotatable bonds is 7. The van der Waals surface area contributed by atoms with E-state index in [0.29, 0.717) is 35.3 Å². The van der Waals surface area contributed by atoms with Gasteiger partial charge in [0.15, 0.2) is 10.8 Å². The van der Waals surface area contributed by atoms with Crippen molar-refractivity contribution in [3.8, 4) is 0 Å². The number of amidine groups is 1. The molecular formula is C24H27ClFN5O5S2. The predicted octanol–water partition coefficient (Wildman–Crippen LogP) is 2.19. The van der Waals surface area contributed by atoms with Gasteiger partial charge in [0, 0.05) is 59.6 Å². The van der Waals surface area contributed by atoms with Crippen LogP contribution in [0.5, 0.6) is 0 Å². The summed E-state index contributed by atoms with van der Waals surface area (Å²) in [7, 11) is -2.08. The van der Waals surface area contributed by atoms with E-state index in [4.69, 9.17) is 26.1 Å². The Morgan fingerprint density at radius 2 is 2.05 bits per heavy atom. The van der Waals surface area contributed by atoms with Crippen molar-refractivity contribution in [2.75, 3.05) is 45.7 Å². The van der Waals surface area contributed by atoms with Gasteiger partial charge < -0.3 is 14.8 Å². The van der Waals surface area contributed by atoms with Gasteiger partial charge in [-0.2, -0.15) is 4.31 Å². The summed E-state index contributed by atoms with van der Waals surface area (Å²) in [5.74, 6) is -0.635. The number of halogens is 2. The maximum absolute atomic E-state index is 13.9. The second-order valence-corrected chi connectivity index (χ2v) is 12.7. The maximum atomic E-state index is 13.9. The molecule has 0 radical (unpaired) electrons. The number of benzene rings is 1. The molecule has 38 heavy (non-hydrogen) atoms. The van der Waals surface area contributed by atoms with Crippen LogP contribution >= 0.6 is 22.9 Å². The molecule has 0 spiro atoms. The van der Waals surface area contributed by atoms with Crippen molar-refractivity contribution in [1.29, 1.82) is 0 Å². The van der Waals surface area contributed by atoms with E-state index in [1.165, 1.54) is 41.0 Å². The standard InChI is InChI=1S/C24H27ClFN5O5S2/c1-3-38(33,34)30-9-15-12-36-13-16(10-30)31(15)11-19-20(24(32)35-2)21(17-5-4-14(26)8-18(17)25)29-22(28-19)23-27-6-7-37-23/h4-8,15-16,21H,3,9-13H2,1-2H3,(H,28,29)/t15?,16?,21-/m0/s1. The van der Waals surface area contributed by atoms with Crippen molar-refractivity contribution in [3.05, 3.63) is 62.5 Å². The fourth-order valence-corrected chi connectivity index (χ4v) is 7.03. The Kier molecular flexibility index (Phi) is 7.85. The molecule has 204 valence electrons. The molecule has 3 aliphatic rings. The van der Waals surface area contributed by atoms with Crippen LogP contribution in [0.1, 0.15) is 23.5 Å². The number of morpholine rings is 1. The minimum absolute atomic E-state index is 0.0280. The molecule has 10 nitrogen and oxygen atoms in total. The minimum Gasteiger partial charge on any atom is -0.466 e. The van der Waals surface area contributed by atoms with Gasteiger partial charge in [0.05, 0.1) is 31.6 Å². The lowest BCUT2D eigenvalue weighted by atomic mass is 9.94. The summed E-state index contributed by atoms with van der Waals surface area (Å²) in [4.78, 5) is 24.5. The highest BCUT2D eigenvalue weighted by molar-refractivity contribution is 7.89. The van der Waals surface area contributed by atoms with Gasteiger partial charge in [0.1, 0.15) is 11.9 Å². The van der Waals surface area contributed by atoms with E-state index in [9.17, 15) is 17.6 Å². The van der Waals surface area contributed by atoms with E-state index < -0.39 is 27.9 Å². The molecule has 1 N–H and O–H groups in total. The van der Waals surface area contributed by atoms with E-state index in [0.717, 1.165) is 0 Å². The largest absolute Gasteiger partial charge is 0.466 e. The minimum atomic E-state index is -3.36. The van der Waals surface area contributed by atoms with Gasteiger partial charge in [-0.1, -0.05) is 17.7 Å². The van der Waals surface area contributed by atoms with Crippen LogP contribution in [-0.2, 0) is 24.3 Å². The second kappa shape index (κ2) is 11.0. The molecule has 2 aromatic rings. The highest BCUT2D eigenvalue weighted by Crippen LogP contribution is 2.37. The molecule has 0 amide bonds. The van der Waals surface area contributed by atoms with Gasteiger partial charge in [-0.25, -0.2) is 22.6 Å². The van der Waals surface area contributed by atoms with Crippen LogP contribution in [0.4, 0.5) is 4.39 Å². The molecule has 4 heterocycles. The third-order valence-electron chi connectivity index (χ3n) is 6.91. The SMILES string of the molecule is CCS(=O)(=O)N1CC2COCC(C1)N2CC1=C(C(=O)OC)[C@H](c2ccc(F)cc2Cl)N=C(c2nccs2)N1. The summed E-state index contributed by atoms with van der Waals surface area (Å²) in [6.07, 6.45) is 1.65. The fraction of sp³-hybridized carbons (Fsp3) is 0.458. The number of esters is 1. The Morgan fingerprint density at radius 3 is 2.66 bits per heavy atom. The normalized spacial score (nSPS) is 24.6. The Balaban J connectivity index is 1.56. The molecule has 2 fully saturated rings. The van der Waals surface area contributed by atoms with Crippen molar-refractivity contribution in [2.24, 2.45) is 4.99 Å². The summed E-state index contributed by atoms with van der Waals surface area (Å²) < 4.78 is 51.6. The van der Waals surface area contributed by atoms with Crippen LogP contribution in [0.15, 0.2) is 46.0 Å². The zero-order valence-corrected chi connectivity index (χ0v) is 23.2. The second-order valence-electron chi connectivity index (χ2n) is 9.13. The predicted molar refractivity (Wildman–Crippen MR) is 141 cm³/mol. The molecule has 3 atom stereocenters. The van der Waals surface area contributed by atoms with Gasteiger partial charge in [0.2, 0.25) is 10.0 Å². The third kappa shape index (κ3) is 5.23. The molecule has 1 aromatic heterocycles. The number of methoxy groups -OCH3 is 1. The summed E-state index contributed by atoms with van der Waals surface area (Å²) in [5, 5.41) is 5.84. The molecule has 14 heteroatoms. The number of carbonyl (C=O) groups excluding carboxylic acids is 1. The van der Waals surface area contributed by atoms with Gasteiger partial charge in [-0.15, -0.1) is 11.3 Å². The number of carbonyl (C=O) groups is 1. The third-order valence-corrected chi connectivity index (χ3v) is 9.83. The number of fused-ring (bicyclic) bond motifs is 2. The topological polar surface area (TPSA) is 113 Å². The maximum Gasteiger partial charge on any atom is 0.338 e. The molecule has 2 saturated heterocycles. The van der Waals surface area contributed by atoms with Crippen LogP contribution in [-0.4, -0.2) is 92.2 Å². The van der Waals surface area contributed by atoms with Gasteiger partial charge in [-0.3, -0.25) is 9.89 Å². The van der Waals surface area contributed by atoms with E-state index >= 15 is 0 Å². The number of aromatic nitrogens is 1. The molecule has 3 aliphatic heterocycles. The Bertz CT molecular complexity index is 1370. The number of nitrogens with one attached hydrogen (secondary N) is 1. The van der Waals surface area contributed by atoms with Crippen molar-refractivity contribution in [3.63, 3.8) is 0 Å². The molecule has 0 aliphatic carbocycles. The number of nitrogens with zero attached hydrogens (tertiary/aromatic N) is 4.